The molecule has 2 aliphatic heterocycles. The van der Waals surface area contributed by atoms with E-state index < -0.39 is 16.8 Å². The van der Waals surface area contributed by atoms with Gasteiger partial charge in [-0.25, -0.2) is 0 Å². The standard InChI is InChI=1S/C22H29N3O3S/c1-5-12(2)16(18(26)23-13-10-11-13)24-19(27)17-22(3,4)29-21-15-9-7-6-8-14(15)20(28)25(17)21/h6-9,12-13,16-17,21H,5,10-11H2,1-4H3,(H,23,26)(H,24,27)/t12-,16-,17-,21+/m0/s1. The molecule has 156 valence electrons. The lowest BCUT2D eigenvalue weighted by Gasteiger charge is -2.32. The van der Waals surface area contributed by atoms with E-state index >= 15 is 0 Å². The monoisotopic (exact) mass is 415 g/mol. The molecule has 0 unspecified atom stereocenters. The van der Waals surface area contributed by atoms with Crippen molar-refractivity contribution >= 4 is 29.5 Å². The smallest absolute Gasteiger partial charge is 0.256 e. The van der Waals surface area contributed by atoms with Crippen molar-refractivity contribution in [3.05, 3.63) is 35.4 Å². The molecule has 2 fully saturated rings. The number of fused-ring (bicyclic) bond motifs is 3. The van der Waals surface area contributed by atoms with Crippen LogP contribution in [0.25, 0.3) is 0 Å². The van der Waals surface area contributed by atoms with E-state index in [4.69, 9.17) is 0 Å². The van der Waals surface area contributed by atoms with Gasteiger partial charge in [-0.2, -0.15) is 0 Å². The van der Waals surface area contributed by atoms with E-state index in [-0.39, 0.29) is 35.1 Å². The summed E-state index contributed by atoms with van der Waals surface area (Å²) in [6.07, 6.45) is 2.78. The summed E-state index contributed by atoms with van der Waals surface area (Å²) in [6, 6.07) is 6.59. The summed E-state index contributed by atoms with van der Waals surface area (Å²) in [5, 5.41) is 5.86. The van der Waals surface area contributed by atoms with Gasteiger partial charge in [-0.1, -0.05) is 38.5 Å². The first-order valence-corrected chi connectivity index (χ1v) is 11.3. The van der Waals surface area contributed by atoms with Gasteiger partial charge < -0.3 is 15.5 Å². The Hall–Kier alpha value is -2.02. The molecule has 6 nitrogen and oxygen atoms in total. The SMILES string of the molecule is CC[C@H](C)[C@H](NC(=O)[C@@H]1N2C(=O)c3ccccc3[C@H]2SC1(C)C)C(=O)NC1CC1. The van der Waals surface area contributed by atoms with Crippen LogP contribution in [-0.4, -0.2) is 45.5 Å². The van der Waals surface area contributed by atoms with Gasteiger partial charge in [-0.3, -0.25) is 14.4 Å². The van der Waals surface area contributed by atoms with Crippen LogP contribution in [-0.2, 0) is 9.59 Å². The Morgan fingerprint density at radius 2 is 1.97 bits per heavy atom. The second-order valence-corrected chi connectivity index (χ2v) is 10.7. The van der Waals surface area contributed by atoms with Crippen LogP contribution in [0.2, 0.25) is 0 Å². The number of rotatable bonds is 6. The topological polar surface area (TPSA) is 78.5 Å². The third-order valence-corrected chi connectivity index (χ3v) is 7.80. The third kappa shape index (κ3) is 3.54. The molecule has 0 aromatic heterocycles. The summed E-state index contributed by atoms with van der Waals surface area (Å²) in [6.45, 7) is 7.99. The van der Waals surface area contributed by atoms with Crippen LogP contribution in [0.5, 0.6) is 0 Å². The van der Waals surface area contributed by atoms with Crippen molar-refractivity contribution in [1.29, 1.82) is 0 Å². The highest BCUT2D eigenvalue weighted by atomic mass is 32.2. The van der Waals surface area contributed by atoms with Gasteiger partial charge in [0.1, 0.15) is 17.5 Å². The molecule has 1 saturated carbocycles. The second kappa shape index (κ2) is 7.35. The molecule has 3 aliphatic rings. The van der Waals surface area contributed by atoms with Crippen molar-refractivity contribution in [2.24, 2.45) is 5.92 Å². The lowest BCUT2D eigenvalue weighted by atomic mass is 9.95. The zero-order chi connectivity index (χ0) is 20.9. The Labute approximate surface area is 176 Å². The Bertz CT molecular complexity index is 851. The second-order valence-electron chi connectivity index (χ2n) is 8.93. The number of nitrogens with one attached hydrogen (secondary N) is 2. The number of hydrogen-bond donors (Lipinski definition) is 2. The quantitative estimate of drug-likeness (QED) is 0.749. The summed E-state index contributed by atoms with van der Waals surface area (Å²) in [5.74, 6) is -0.461. The minimum absolute atomic E-state index is 0.0112. The first-order chi connectivity index (χ1) is 13.7. The third-order valence-electron chi connectivity index (χ3n) is 6.26. The van der Waals surface area contributed by atoms with E-state index in [9.17, 15) is 14.4 Å². The molecular formula is C22H29N3O3S. The first kappa shape index (κ1) is 20.3. The molecule has 1 aromatic carbocycles. The Morgan fingerprint density at radius 3 is 2.62 bits per heavy atom. The van der Waals surface area contributed by atoms with Gasteiger partial charge in [0.2, 0.25) is 11.8 Å². The highest BCUT2D eigenvalue weighted by Crippen LogP contribution is 2.56. The summed E-state index contributed by atoms with van der Waals surface area (Å²) < 4.78 is -0.453. The van der Waals surface area contributed by atoms with Crippen molar-refractivity contribution in [2.75, 3.05) is 0 Å². The number of carbonyl (C=O) groups is 3. The largest absolute Gasteiger partial charge is 0.352 e. The van der Waals surface area contributed by atoms with Crippen LogP contribution >= 0.6 is 11.8 Å². The molecule has 4 rings (SSSR count). The summed E-state index contributed by atoms with van der Waals surface area (Å²) >= 11 is 1.64. The Balaban J connectivity index is 1.58. The average molecular weight is 416 g/mol. The highest BCUT2D eigenvalue weighted by Gasteiger charge is 2.57. The summed E-state index contributed by atoms with van der Waals surface area (Å²) in [4.78, 5) is 41.0. The van der Waals surface area contributed by atoms with Gasteiger partial charge in [0, 0.05) is 16.4 Å². The number of benzene rings is 1. The maximum Gasteiger partial charge on any atom is 0.256 e. The van der Waals surface area contributed by atoms with Crippen LogP contribution in [0, 0.1) is 5.92 Å². The molecule has 1 saturated heterocycles. The number of hydrogen-bond acceptors (Lipinski definition) is 4. The summed E-state index contributed by atoms with van der Waals surface area (Å²) in [5.41, 5.74) is 1.64. The van der Waals surface area contributed by atoms with E-state index in [0.29, 0.717) is 5.56 Å². The maximum absolute atomic E-state index is 13.4. The maximum atomic E-state index is 13.4. The zero-order valence-electron chi connectivity index (χ0n) is 17.4. The molecule has 0 radical (unpaired) electrons. The fraction of sp³-hybridized carbons (Fsp3) is 0.591. The van der Waals surface area contributed by atoms with Crippen LogP contribution in [0.15, 0.2) is 24.3 Å². The van der Waals surface area contributed by atoms with Crippen molar-refractivity contribution in [3.8, 4) is 0 Å². The minimum Gasteiger partial charge on any atom is -0.352 e. The molecule has 2 N–H and O–H groups in total. The van der Waals surface area contributed by atoms with Gasteiger partial charge in [0.25, 0.3) is 5.91 Å². The molecule has 2 heterocycles. The molecule has 1 aliphatic carbocycles. The normalized spacial score (nSPS) is 26.5. The van der Waals surface area contributed by atoms with E-state index in [2.05, 4.69) is 10.6 Å². The minimum atomic E-state index is -0.627. The number of carbonyl (C=O) groups excluding carboxylic acids is 3. The molecular weight excluding hydrogens is 386 g/mol. The number of amides is 3. The van der Waals surface area contributed by atoms with Crippen molar-refractivity contribution < 1.29 is 14.4 Å². The molecule has 0 spiro atoms. The van der Waals surface area contributed by atoms with Gasteiger partial charge in [-0.15, -0.1) is 11.8 Å². The van der Waals surface area contributed by atoms with Crippen LogP contribution < -0.4 is 10.6 Å². The van der Waals surface area contributed by atoms with Gasteiger partial charge >= 0.3 is 0 Å². The number of thioether (sulfide) groups is 1. The first-order valence-electron chi connectivity index (χ1n) is 10.4. The molecule has 7 heteroatoms. The average Bonchev–Trinajstić information content (AvgIpc) is 3.40. The van der Waals surface area contributed by atoms with Crippen LogP contribution in [0.1, 0.15) is 68.3 Å². The lowest BCUT2D eigenvalue weighted by Crippen LogP contribution is -2.58. The summed E-state index contributed by atoms with van der Waals surface area (Å²) in [7, 11) is 0. The van der Waals surface area contributed by atoms with Gasteiger partial charge in [0.05, 0.1) is 0 Å². The van der Waals surface area contributed by atoms with E-state index in [1.54, 1.807) is 16.7 Å². The highest BCUT2D eigenvalue weighted by molar-refractivity contribution is 8.01. The predicted octanol–water partition coefficient (Wildman–Crippen LogP) is 2.84. The van der Waals surface area contributed by atoms with Crippen LogP contribution in [0.4, 0.5) is 0 Å². The fourth-order valence-corrected chi connectivity index (χ4v) is 5.85. The van der Waals surface area contributed by atoms with Gasteiger partial charge in [-0.05, 0) is 44.2 Å². The zero-order valence-corrected chi connectivity index (χ0v) is 18.2. The van der Waals surface area contributed by atoms with Crippen LogP contribution in [0.3, 0.4) is 0 Å². The Kier molecular flexibility index (Phi) is 5.13. The number of nitrogens with zero attached hydrogens (tertiary/aromatic N) is 1. The van der Waals surface area contributed by atoms with E-state index in [1.165, 1.54) is 0 Å². The molecule has 0 bridgehead atoms. The van der Waals surface area contributed by atoms with Crippen molar-refractivity contribution in [3.63, 3.8) is 0 Å². The van der Waals surface area contributed by atoms with E-state index in [0.717, 1.165) is 24.8 Å². The predicted molar refractivity (Wildman–Crippen MR) is 113 cm³/mol. The molecule has 4 atom stereocenters. The lowest BCUT2D eigenvalue weighted by molar-refractivity contribution is -0.133. The van der Waals surface area contributed by atoms with Crippen molar-refractivity contribution in [1.82, 2.24) is 15.5 Å². The van der Waals surface area contributed by atoms with Gasteiger partial charge in [0.15, 0.2) is 0 Å². The molecule has 3 amide bonds. The molecule has 29 heavy (non-hydrogen) atoms. The van der Waals surface area contributed by atoms with Crippen molar-refractivity contribution in [2.45, 2.75) is 75.2 Å². The fourth-order valence-electron chi connectivity index (χ4n) is 4.26. The van der Waals surface area contributed by atoms with E-state index in [1.807, 2.05) is 52.0 Å². The molecule has 1 aromatic rings. The Morgan fingerprint density at radius 1 is 1.28 bits per heavy atom.